The number of nitrogens with one attached hydrogen (secondary N) is 3. The molecule has 0 aliphatic rings. The van der Waals surface area contributed by atoms with Gasteiger partial charge >= 0.3 is 11.8 Å². The first kappa shape index (κ1) is 20.5. The zero-order chi connectivity index (χ0) is 20.0. The Hall–Kier alpha value is -2.77. The maximum absolute atomic E-state index is 12.0. The third kappa shape index (κ3) is 6.16. The van der Waals surface area contributed by atoms with E-state index in [-0.39, 0.29) is 10.8 Å². The van der Waals surface area contributed by atoms with E-state index >= 15 is 0 Å². The first-order valence-corrected chi connectivity index (χ1v) is 8.61. The van der Waals surface area contributed by atoms with Gasteiger partial charge in [0.15, 0.2) is 6.10 Å². The number of hydrazine groups is 1. The average molecular weight is 410 g/mol. The molecule has 2 aromatic rings. The molecule has 0 radical (unpaired) electrons. The summed E-state index contributed by atoms with van der Waals surface area (Å²) in [7, 11) is 0. The van der Waals surface area contributed by atoms with E-state index in [1.165, 1.54) is 19.1 Å². The van der Waals surface area contributed by atoms with Crippen molar-refractivity contribution in [1.29, 1.82) is 0 Å². The number of carbonyl (C=O) groups is 3. The van der Waals surface area contributed by atoms with Crippen LogP contribution in [-0.2, 0) is 14.4 Å². The topological polar surface area (TPSA) is 96.5 Å². The Balaban J connectivity index is 1.83. The first-order chi connectivity index (χ1) is 12.8. The summed E-state index contributed by atoms with van der Waals surface area (Å²) in [6, 6.07) is 11.4. The molecule has 0 fully saturated rings. The van der Waals surface area contributed by atoms with Crippen LogP contribution in [0.4, 0.5) is 5.69 Å². The highest BCUT2D eigenvalue weighted by molar-refractivity contribution is 6.39. The van der Waals surface area contributed by atoms with Crippen LogP contribution < -0.4 is 20.9 Å². The molecule has 0 heterocycles. The summed E-state index contributed by atoms with van der Waals surface area (Å²) in [4.78, 5) is 35.6. The van der Waals surface area contributed by atoms with Crippen molar-refractivity contribution in [2.24, 2.45) is 0 Å². The molecule has 0 aromatic heterocycles. The lowest BCUT2D eigenvalue weighted by Gasteiger charge is -2.16. The number of benzene rings is 2. The number of anilines is 1. The van der Waals surface area contributed by atoms with E-state index in [1.54, 1.807) is 30.3 Å². The van der Waals surface area contributed by atoms with Gasteiger partial charge in [-0.25, -0.2) is 0 Å². The number of halogens is 2. The second-order valence-corrected chi connectivity index (χ2v) is 6.44. The van der Waals surface area contributed by atoms with Gasteiger partial charge in [-0.3, -0.25) is 25.2 Å². The predicted molar refractivity (Wildman–Crippen MR) is 103 cm³/mol. The Labute approximate surface area is 166 Å². The molecule has 9 heteroatoms. The van der Waals surface area contributed by atoms with Crippen LogP contribution in [-0.4, -0.2) is 23.8 Å². The molecule has 0 aliphatic carbocycles. The van der Waals surface area contributed by atoms with Crippen LogP contribution >= 0.6 is 23.2 Å². The highest BCUT2D eigenvalue weighted by Crippen LogP contribution is 2.28. The van der Waals surface area contributed by atoms with Crippen molar-refractivity contribution >= 4 is 46.6 Å². The summed E-state index contributed by atoms with van der Waals surface area (Å²) in [5, 5.41) is 3.08. The number of hydrogen-bond donors (Lipinski definition) is 3. The molecule has 3 amide bonds. The van der Waals surface area contributed by atoms with Gasteiger partial charge in [-0.15, -0.1) is 0 Å². The molecule has 0 spiro atoms. The van der Waals surface area contributed by atoms with Crippen LogP contribution in [0.1, 0.15) is 12.5 Å². The Morgan fingerprint density at radius 2 is 1.63 bits per heavy atom. The Morgan fingerprint density at radius 1 is 0.963 bits per heavy atom. The third-order valence-electron chi connectivity index (χ3n) is 3.38. The van der Waals surface area contributed by atoms with Crippen LogP contribution in [0, 0.1) is 6.92 Å². The van der Waals surface area contributed by atoms with E-state index in [4.69, 9.17) is 27.9 Å². The summed E-state index contributed by atoms with van der Waals surface area (Å²) in [6.07, 6.45) is -0.982. The van der Waals surface area contributed by atoms with Gasteiger partial charge in [0.05, 0.1) is 5.02 Å². The summed E-state index contributed by atoms with van der Waals surface area (Å²) in [6.45, 7) is 3.35. The van der Waals surface area contributed by atoms with Crippen molar-refractivity contribution in [1.82, 2.24) is 10.9 Å². The molecule has 2 rings (SSSR count). The number of amides is 3. The van der Waals surface area contributed by atoms with Gasteiger partial charge in [-0.1, -0.05) is 40.9 Å². The first-order valence-electron chi connectivity index (χ1n) is 7.86. The fourth-order valence-corrected chi connectivity index (χ4v) is 2.37. The van der Waals surface area contributed by atoms with Gasteiger partial charge in [0.2, 0.25) is 0 Å². The van der Waals surface area contributed by atoms with E-state index < -0.39 is 23.8 Å². The largest absolute Gasteiger partial charge is 0.479 e. The molecule has 3 N–H and O–H groups in total. The summed E-state index contributed by atoms with van der Waals surface area (Å²) < 4.78 is 5.41. The molecule has 7 nitrogen and oxygen atoms in total. The van der Waals surface area contributed by atoms with Crippen molar-refractivity contribution in [3.8, 4) is 5.75 Å². The monoisotopic (exact) mass is 409 g/mol. The van der Waals surface area contributed by atoms with Gasteiger partial charge in [-0.05, 0) is 44.2 Å². The lowest BCUT2D eigenvalue weighted by atomic mass is 10.2. The van der Waals surface area contributed by atoms with E-state index in [0.717, 1.165) is 5.56 Å². The van der Waals surface area contributed by atoms with Gasteiger partial charge in [0.1, 0.15) is 5.75 Å². The van der Waals surface area contributed by atoms with Gasteiger partial charge in [-0.2, -0.15) is 0 Å². The van der Waals surface area contributed by atoms with Crippen molar-refractivity contribution < 1.29 is 19.1 Å². The van der Waals surface area contributed by atoms with Gasteiger partial charge in [0.25, 0.3) is 5.91 Å². The maximum Gasteiger partial charge on any atom is 0.328 e. The van der Waals surface area contributed by atoms with E-state index in [2.05, 4.69) is 10.7 Å². The zero-order valence-corrected chi connectivity index (χ0v) is 16.0. The highest BCUT2D eigenvalue weighted by Gasteiger charge is 2.19. The van der Waals surface area contributed by atoms with E-state index in [9.17, 15) is 14.4 Å². The van der Waals surface area contributed by atoms with Gasteiger partial charge < -0.3 is 10.1 Å². The lowest BCUT2D eigenvalue weighted by Crippen LogP contribution is -2.50. The molecular weight excluding hydrogens is 393 g/mol. The van der Waals surface area contributed by atoms with E-state index in [1.807, 2.05) is 12.3 Å². The quantitative estimate of drug-likeness (QED) is 0.534. The molecule has 0 aliphatic heterocycles. The standard InChI is InChI=1S/C18H17Cl2N3O4/c1-10-3-6-13(7-4-10)21-17(25)18(26)23-22-16(24)11(2)27-15-8-5-12(19)9-14(15)20/h3-9,11H,1-2H3,(H,21,25)(H,22,24)(H,23,26)/t11-/m1/s1. The Bertz CT molecular complexity index is 856. The van der Waals surface area contributed by atoms with Crippen LogP contribution in [0.3, 0.4) is 0 Å². The minimum Gasteiger partial charge on any atom is -0.479 e. The number of aryl methyl sites for hydroxylation is 1. The van der Waals surface area contributed by atoms with Crippen LogP contribution in [0.2, 0.25) is 10.0 Å². The summed E-state index contributed by atoms with van der Waals surface area (Å²) in [5.41, 5.74) is 5.61. The lowest BCUT2D eigenvalue weighted by molar-refractivity contribution is -0.139. The zero-order valence-electron chi connectivity index (χ0n) is 14.5. The minimum atomic E-state index is -1.03. The summed E-state index contributed by atoms with van der Waals surface area (Å²) >= 11 is 11.8. The van der Waals surface area contributed by atoms with Crippen molar-refractivity contribution in [3.63, 3.8) is 0 Å². The second kappa shape index (κ2) is 9.25. The highest BCUT2D eigenvalue weighted by atomic mass is 35.5. The van der Waals surface area contributed by atoms with Gasteiger partial charge in [0, 0.05) is 10.7 Å². The SMILES string of the molecule is Cc1ccc(NC(=O)C(=O)NNC(=O)[C@@H](C)Oc2ccc(Cl)cc2Cl)cc1. The van der Waals surface area contributed by atoms with Crippen LogP contribution in [0.5, 0.6) is 5.75 Å². The van der Waals surface area contributed by atoms with E-state index in [0.29, 0.717) is 10.7 Å². The van der Waals surface area contributed by atoms with Crippen LogP contribution in [0.25, 0.3) is 0 Å². The normalized spacial score (nSPS) is 11.3. The van der Waals surface area contributed by atoms with Crippen molar-refractivity contribution in [3.05, 3.63) is 58.1 Å². The fourth-order valence-electron chi connectivity index (χ4n) is 1.92. The summed E-state index contributed by atoms with van der Waals surface area (Å²) in [5.74, 6) is -2.36. The maximum atomic E-state index is 12.0. The van der Waals surface area contributed by atoms with Crippen molar-refractivity contribution in [2.75, 3.05) is 5.32 Å². The predicted octanol–water partition coefficient (Wildman–Crippen LogP) is 2.86. The molecule has 0 saturated carbocycles. The molecule has 0 saturated heterocycles. The van der Waals surface area contributed by atoms with Crippen LogP contribution in [0.15, 0.2) is 42.5 Å². The molecular formula is C18H17Cl2N3O4. The number of hydrogen-bond acceptors (Lipinski definition) is 4. The molecule has 2 aromatic carbocycles. The second-order valence-electron chi connectivity index (χ2n) is 5.60. The number of rotatable bonds is 4. The molecule has 27 heavy (non-hydrogen) atoms. The molecule has 0 unspecified atom stereocenters. The van der Waals surface area contributed by atoms with Crippen molar-refractivity contribution in [2.45, 2.75) is 20.0 Å². The Kier molecular flexibility index (Phi) is 7.04. The third-order valence-corrected chi connectivity index (χ3v) is 3.91. The Morgan fingerprint density at radius 3 is 2.26 bits per heavy atom. The molecule has 142 valence electrons. The molecule has 0 bridgehead atoms. The average Bonchev–Trinajstić information content (AvgIpc) is 2.63. The smallest absolute Gasteiger partial charge is 0.328 e. The fraction of sp³-hybridized carbons (Fsp3) is 0.167. The molecule has 1 atom stereocenters. The number of carbonyl (C=O) groups excluding carboxylic acids is 3. The minimum absolute atomic E-state index is 0.240. The number of ether oxygens (including phenoxy) is 1.